The third-order valence-corrected chi connectivity index (χ3v) is 4.15. The average Bonchev–Trinajstić information content (AvgIpc) is 2.94. The Labute approximate surface area is 113 Å². The monoisotopic (exact) mass is 252 g/mol. The molecule has 2 heteroatoms. The van der Waals surface area contributed by atoms with Crippen LogP contribution in [0, 0.1) is 13.8 Å². The minimum Gasteiger partial charge on any atom is -0.361 e. The van der Waals surface area contributed by atoms with Gasteiger partial charge in [0, 0.05) is 28.0 Å². The topological polar surface area (TPSA) is 31.6 Å². The Balaban J connectivity index is 2.12. The van der Waals surface area contributed by atoms with Gasteiger partial charge in [0.1, 0.15) is 0 Å². The van der Waals surface area contributed by atoms with Crippen LogP contribution in [0.4, 0.5) is 0 Å². The number of aromatic amines is 2. The second-order valence-corrected chi connectivity index (χ2v) is 5.89. The summed E-state index contributed by atoms with van der Waals surface area (Å²) < 4.78 is 0. The number of benzene rings is 1. The Bertz CT molecular complexity index is 676. The number of hydrogen-bond acceptors (Lipinski definition) is 0. The zero-order chi connectivity index (χ0) is 13.6. The van der Waals surface area contributed by atoms with Crippen LogP contribution in [0.5, 0.6) is 0 Å². The molecule has 0 radical (unpaired) electrons. The summed E-state index contributed by atoms with van der Waals surface area (Å²) in [5, 5.41) is 1.27. The predicted molar refractivity (Wildman–Crippen MR) is 80.7 cm³/mol. The maximum absolute atomic E-state index is 3.54. The van der Waals surface area contributed by atoms with Crippen LogP contribution in [0.15, 0.2) is 36.4 Å². The molecule has 3 rings (SSSR count). The smallest absolute Gasteiger partial charge is 0.0456 e. The van der Waals surface area contributed by atoms with Crippen molar-refractivity contribution < 1.29 is 0 Å². The Hall–Kier alpha value is -1.96. The van der Waals surface area contributed by atoms with E-state index in [4.69, 9.17) is 0 Å². The highest BCUT2D eigenvalue weighted by Crippen LogP contribution is 2.33. The molecule has 0 aliphatic carbocycles. The summed E-state index contributed by atoms with van der Waals surface area (Å²) in [6.07, 6.45) is 0. The molecule has 0 aliphatic rings. The maximum Gasteiger partial charge on any atom is 0.0456 e. The molecule has 0 amide bonds. The van der Waals surface area contributed by atoms with Crippen LogP contribution < -0.4 is 0 Å². The molecule has 3 aromatic rings. The summed E-state index contributed by atoms with van der Waals surface area (Å²) >= 11 is 0. The van der Waals surface area contributed by atoms with Crippen molar-refractivity contribution in [3.05, 3.63) is 59.0 Å². The lowest BCUT2D eigenvalue weighted by atomic mass is 9.85. The first-order chi connectivity index (χ1) is 8.98. The van der Waals surface area contributed by atoms with E-state index in [1.165, 1.54) is 33.5 Å². The largest absolute Gasteiger partial charge is 0.361 e. The number of para-hydroxylation sites is 1. The first-order valence-corrected chi connectivity index (χ1v) is 6.73. The highest BCUT2D eigenvalue weighted by Gasteiger charge is 2.27. The molecule has 1 aromatic carbocycles. The Morgan fingerprint density at radius 2 is 1.58 bits per heavy atom. The molecule has 0 aliphatic heterocycles. The van der Waals surface area contributed by atoms with E-state index < -0.39 is 0 Å². The minimum absolute atomic E-state index is 0.0436. The Morgan fingerprint density at radius 3 is 2.21 bits per heavy atom. The van der Waals surface area contributed by atoms with Crippen LogP contribution in [-0.2, 0) is 5.41 Å². The van der Waals surface area contributed by atoms with Gasteiger partial charge in [-0.25, -0.2) is 0 Å². The molecule has 0 bridgehead atoms. The van der Waals surface area contributed by atoms with E-state index in [0.717, 1.165) is 0 Å². The van der Waals surface area contributed by atoms with Gasteiger partial charge in [-0.3, -0.25) is 0 Å². The lowest BCUT2D eigenvalue weighted by Gasteiger charge is -2.22. The molecule has 0 fully saturated rings. The molecular weight excluding hydrogens is 232 g/mol. The summed E-state index contributed by atoms with van der Waals surface area (Å²) in [4.78, 5) is 7.05. The molecule has 0 saturated heterocycles. The Morgan fingerprint density at radius 1 is 0.895 bits per heavy atom. The highest BCUT2D eigenvalue weighted by atomic mass is 14.8. The SMILES string of the molecule is Cc1cc(C(C)(C)c2cc3ccccc3[nH]2)[nH]c1C. The molecule has 0 unspecified atom stereocenters. The highest BCUT2D eigenvalue weighted by molar-refractivity contribution is 5.80. The predicted octanol–water partition coefficient (Wildman–Crippen LogP) is 4.44. The quantitative estimate of drug-likeness (QED) is 0.676. The molecule has 2 N–H and O–H groups in total. The molecule has 2 aromatic heterocycles. The van der Waals surface area contributed by atoms with E-state index in [2.05, 4.69) is 74.1 Å². The second-order valence-electron chi connectivity index (χ2n) is 5.89. The summed E-state index contributed by atoms with van der Waals surface area (Å²) in [6, 6.07) is 12.9. The van der Waals surface area contributed by atoms with Crippen molar-refractivity contribution in [2.45, 2.75) is 33.1 Å². The van der Waals surface area contributed by atoms with Crippen LogP contribution in [-0.4, -0.2) is 9.97 Å². The van der Waals surface area contributed by atoms with Crippen LogP contribution in [0.3, 0.4) is 0 Å². The van der Waals surface area contributed by atoms with Gasteiger partial charge in [-0.2, -0.15) is 0 Å². The van der Waals surface area contributed by atoms with E-state index in [1.54, 1.807) is 0 Å². The van der Waals surface area contributed by atoms with Gasteiger partial charge in [0.15, 0.2) is 0 Å². The normalized spacial score (nSPS) is 12.2. The van der Waals surface area contributed by atoms with Crippen molar-refractivity contribution in [2.75, 3.05) is 0 Å². The fourth-order valence-electron chi connectivity index (χ4n) is 2.55. The molecule has 0 saturated carbocycles. The van der Waals surface area contributed by atoms with Gasteiger partial charge in [0.2, 0.25) is 0 Å². The third-order valence-electron chi connectivity index (χ3n) is 4.15. The fraction of sp³-hybridized carbons (Fsp3) is 0.294. The third kappa shape index (κ3) is 1.88. The van der Waals surface area contributed by atoms with Crippen molar-refractivity contribution in [1.29, 1.82) is 0 Å². The molecule has 2 heterocycles. The summed E-state index contributed by atoms with van der Waals surface area (Å²) in [5.41, 5.74) is 6.23. The molecule has 0 atom stereocenters. The van der Waals surface area contributed by atoms with Crippen molar-refractivity contribution >= 4 is 10.9 Å². The van der Waals surface area contributed by atoms with E-state index in [0.29, 0.717) is 0 Å². The minimum atomic E-state index is -0.0436. The number of rotatable bonds is 2. The number of fused-ring (bicyclic) bond motifs is 1. The number of aryl methyl sites for hydroxylation is 2. The van der Waals surface area contributed by atoms with Crippen LogP contribution in [0.25, 0.3) is 10.9 Å². The Kier molecular flexibility index (Phi) is 2.56. The number of nitrogens with one attached hydrogen (secondary N) is 2. The molecule has 98 valence electrons. The van der Waals surface area contributed by atoms with Crippen LogP contribution >= 0.6 is 0 Å². The van der Waals surface area contributed by atoms with E-state index in [1.807, 2.05) is 0 Å². The van der Waals surface area contributed by atoms with Crippen LogP contribution in [0.1, 0.15) is 36.5 Å². The van der Waals surface area contributed by atoms with Gasteiger partial charge >= 0.3 is 0 Å². The van der Waals surface area contributed by atoms with Crippen molar-refractivity contribution in [3.8, 4) is 0 Å². The fourth-order valence-corrected chi connectivity index (χ4v) is 2.55. The number of aromatic nitrogens is 2. The van der Waals surface area contributed by atoms with E-state index in [9.17, 15) is 0 Å². The molecule has 19 heavy (non-hydrogen) atoms. The lowest BCUT2D eigenvalue weighted by molar-refractivity contribution is 0.603. The van der Waals surface area contributed by atoms with Crippen molar-refractivity contribution in [2.24, 2.45) is 0 Å². The zero-order valence-corrected chi connectivity index (χ0v) is 12.0. The van der Waals surface area contributed by atoms with Gasteiger partial charge in [0.25, 0.3) is 0 Å². The number of hydrogen-bond donors (Lipinski definition) is 2. The first kappa shape index (κ1) is 12.1. The molecule has 2 nitrogen and oxygen atoms in total. The first-order valence-electron chi connectivity index (χ1n) is 6.73. The van der Waals surface area contributed by atoms with Gasteiger partial charge in [-0.1, -0.05) is 18.2 Å². The average molecular weight is 252 g/mol. The van der Waals surface area contributed by atoms with Crippen molar-refractivity contribution in [3.63, 3.8) is 0 Å². The maximum atomic E-state index is 3.54. The summed E-state index contributed by atoms with van der Waals surface area (Å²) in [6.45, 7) is 8.78. The van der Waals surface area contributed by atoms with Gasteiger partial charge in [0.05, 0.1) is 0 Å². The van der Waals surface area contributed by atoms with Crippen molar-refractivity contribution in [1.82, 2.24) is 9.97 Å². The summed E-state index contributed by atoms with van der Waals surface area (Å²) in [5.74, 6) is 0. The van der Waals surface area contributed by atoms with Crippen LogP contribution in [0.2, 0.25) is 0 Å². The molecule has 0 spiro atoms. The van der Waals surface area contributed by atoms with Gasteiger partial charge in [-0.05, 0) is 56.8 Å². The van der Waals surface area contributed by atoms with Gasteiger partial charge < -0.3 is 9.97 Å². The second kappa shape index (κ2) is 4.02. The summed E-state index contributed by atoms with van der Waals surface area (Å²) in [7, 11) is 0. The standard InChI is InChI=1S/C17H20N2/c1-11-9-15(18-12(11)2)17(3,4)16-10-13-7-5-6-8-14(13)19-16/h5-10,18-19H,1-4H3. The van der Waals surface area contributed by atoms with Gasteiger partial charge in [-0.15, -0.1) is 0 Å². The lowest BCUT2D eigenvalue weighted by Crippen LogP contribution is -2.19. The molecular formula is C17H20N2. The number of H-pyrrole nitrogens is 2. The zero-order valence-electron chi connectivity index (χ0n) is 12.0. The van der Waals surface area contributed by atoms with E-state index >= 15 is 0 Å². The van der Waals surface area contributed by atoms with E-state index in [-0.39, 0.29) is 5.41 Å².